The number of ether oxygens (including phenoxy) is 1. The molecule has 1 amide bonds. The molecule has 0 bridgehead atoms. The van der Waals surface area contributed by atoms with Crippen molar-refractivity contribution < 1.29 is 17.9 Å². The fraction of sp³-hybridized carbons (Fsp3) is 0.278. The molecule has 0 aliphatic carbocycles. The molecule has 0 saturated heterocycles. The van der Waals surface area contributed by atoms with E-state index < -0.39 is 10.0 Å². The van der Waals surface area contributed by atoms with Gasteiger partial charge in [0.2, 0.25) is 0 Å². The van der Waals surface area contributed by atoms with Crippen LogP contribution in [-0.2, 0) is 10.0 Å². The molecule has 0 spiro atoms. The first-order chi connectivity index (χ1) is 12.5. The van der Waals surface area contributed by atoms with Crippen LogP contribution in [0.3, 0.4) is 0 Å². The number of carbonyl (C=O) groups is 1. The molecule has 0 unspecified atom stereocenters. The van der Waals surface area contributed by atoms with E-state index >= 15 is 0 Å². The van der Waals surface area contributed by atoms with Gasteiger partial charge in [-0.25, -0.2) is 8.42 Å². The third kappa shape index (κ3) is 5.47. The van der Waals surface area contributed by atoms with Gasteiger partial charge in [0.1, 0.15) is 5.75 Å². The predicted molar refractivity (Wildman–Crippen MR) is 101 cm³/mol. The van der Waals surface area contributed by atoms with Crippen LogP contribution in [0.4, 0.5) is 5.69 Å². The largest absolute Gasteiger partial charge is 0.494 e. The molecule has 2 aromatic rings. The van der Waals surface area contributed by atoms with Crippen LogP contribution in [0.25, 0.3) is 0 Å². The first kappa shape index (κ1) is 19.7. The number of hydrogen-bond acceptors (Lipinski definition) is 5. The molecule has 0 atom stereocenters. The van der Waals surface area contributed by atoms with Crippen LogP contribution in [0.2, 0.25) is 0 Å². The van der Waals surface area contributed by atoms with Gasteiger partial charge in [-0.2, -0.15) is 0 Å². The van der Waals surface area contributed by atoms with E-state index in [0.717, 1.165) is 0 Å². The number of hydrogen-bond donors (Lipinski definition) is 3. The Morgan fingerprint density at radius 1 is 1.08 bits per heavy atom. The van der Waals surface area contributed by atoms with Crippen molar-refractivity contribution >= 4 is 21.6 Å². The fourth-order valence-corrected chi connectivity index (χ4v) is 3.27. The lowest BCUT2D eigenvalue weighted by Gasteiger charge is -2.10. The highest BCUT2D eigenvalue weighted by atomic mass is 32.2. The van der Waals surface area contributed by atoms with Gasteiger partial charge in [0, 0.05) is 24.3 Å². The summed E-state index contributed by atoms with van der Waals surface area (Å²) in [4.78, 5) is 12.2. The zero-order valence-corrected chi connectivity index (χ0v) is 15.6. The van der Waals surface area contributed by atoms with Crippen molar-refractivity contribution in [2.24, 2.45) is 0 Å². The lowest BCUT2D eigenvalue weighted by Crippen LogP contribution is -2.30. The summed E-state index contributed by atoms with van der Waals surface area (Å²) in [5.41, 5.74) is 0.702. The lowest BCUT2D eigenvalue weighted by atomic mass is 10.2. The standard InChI is InChI=1S/C18H23N3O4S/c1-3-25-16-7-9-17(10-8-16)26(23,24)21-15-6-4-5-14(13-15)18(22)20-12-11-19-2/h4-10,13,19,21H,3,11-12H2,1-2H3,(H,20,22). The van der Waals surface area contributed by atoms with Crippen molar-refractivity contribution in [3.05, 3.63) is 54.1 Å². The summed E-state index contributed by atoms with van der Waals surface area (Å²) in [6.07, 6.45) is 0. The molecule has 8 heteroatoms. The summed E-state index contributed by atoms with van der Waals surface area (Å²) in [5, 5.41) is 5.68. The van der Waals surface area contributed by atoms with E-state index in [1.54, 1.807) is 37.4 Å². The van der Waals surface area contributed by atoms with Crippen molar-refractivity contribution in [3.8, 4) is 5.75 Å². The van der Waals surface area contributed by atoms with Crippen molar-refractivity contribution in [1.29, 1.82) is 0 Å². The Balaban J connectivity index is 2.11. The van der Waals surface area contributed by atoms with Crippen molar-refractivity contribution in [3.63, 3.8) is 0 Å². The molecule has 0 aliphatic rings. The number of anilines is 1. The molecule has 0 fully saturated rings. The van der Waals surface area contributed by atoms with Gasteiger partial charge < -0.3 is 15.4 Å². The van der Waals surface area contributed by atoms with E-state index in [0.29, 0.717) is 36.7 Å². The van der Waals surface area contributed by atoms with Crippen molar-refractivity contribution in [2.45, 2.75) is 11.8 Å². The number of nitrogens with one attached hydrogen (secondary N) is 3. The molecule has 3 N–H and O–H groups in total. The van der Waals surface area contributed by atoms with E-state index in [1.807, 2.05) is 6.92 Å². The maximum atomic E-state index is 12.5. The Bertz CT molecular complexity index is 836. The summed E-state index contributed by atoms with van der Waals surface area (Å²) >= 11 is 0. The van der Waals surface area contributed by atoms with Gasteiger partial charge in [0.05, 0.1) is 11.5 Å². The van der Waals surface area contributed by atoms with E-state index in [9.17, 15) is 13.2 Å². The number of likely N-dealkylation sites (N-methyl/N-ethyl adjacent to an activating group) is 1. The summed E-state index contributed by atoms with van der Waals surface area (Å²) in [6, 6.07) is 12.5. The molecule has 0 aromatic heterocycles. The molecular formula is C18H23N3O4S. The van der Waals surface area contributed by atoms with E-state index in [1.165, 1.54) is 18.2 Å². The van der Waals surface area contributed by atoms with Crippen LogP contribution in [0, 0.1) is 0 Å². The highest BCUT2D eigenvalue weighted by Gasteiger charge is 2.15. The SMILES string of the molecule is CCOc1ccc(S(=O)(=O)Nc2cccc(C(=O)NCCNC)c2)cc1. The van der Waals surface area contributed by atoms with Crippen molar-refractivity contribution in [1.82, 2.24) is 10.6 Å². The Labute approximate surface area is 153 Å². The molecule has 26 heavy (non-hydrogen) atoms. The quantitative estimate of drug-likeness (QED) is 0.580. The zero-order valence-electron chi connectivity index (χ0n) is 14.8. The van der Waals surface area contributed by atoms with Crippen molar-refractivity contribution in [2.75, 3.05) is 31.5 Å². The molecular weight excluding hydrogens is 354 g/mol. The van der Waals surface area contributed by atoms with Gasteiger partial charge in [-0.05, 0) is 56.4 Å². The van der Waals surface area contributed by atoms with Gasteiger partial charge in [0.25, 0.3) is 15.9 Å². The first-order valence-corrected chi connectivity index (χ1v) is 9.73. The van der Waals surface area contributed by atoms with E-state index in [-0.39, 0.29) is 10.8 Å². The van der Waals surface area contributed by atoms with Gasteiger partial charge >= 0.3 is 0 Å². The second-order valence-electron chi connectivity index (χ2n) is 5.45. The Hall–Kier alpha value is -2.58. The maximum absolute atomic E-state index is 12.5. The summed E-state index contributed by atoms with van der Waals surface area (Å²) in [5.74, 6) is 0.342. The van der Waals surface area contributed by atoms with Gasteiger partial charge in [0.15, 0.2) is 0 Å². The molecule has 2 rings (SSSR count). The first-order valence-electron chi connectivity index (χ1n) is 8.25. The van der Waals surface area contributed by atoms with Gasteiger partial charge in [-0.3, -0.25) is 9.52 Å². The number of amides is 1. The van der Waals surface area contributed by atoms with Crippen LogP contribution in [-0.4, -0.2) is 41.1 Å². The van der Waals surface area contributed by atoms with Gasteiger partial charge in [-0.15, -0.1) is 0 Å². The topological polar surface area (TPSA) is 96.5 Å². The molecule has 140 valence electrons. The van der Waals surface area contributed by atoms with Gasteiger partial charge in [-0.1, -0.05) is 6.07 Å². The molecule has 0 saturated carbocycles. The number of carbonyl (C=O) groups excluding carboxylic acids is 1. The number of sulfonamides is 1. The molecule has 0 heterocycles. The van der Waals surface area contributed by atoms with E-state index in [2.05, 4.69) is 15.4 Å². The van der Waals surface area contributed by atoms with Crippen LogP contribution in [0.5, 0.6) is 5.75 Å². The third-order valence-electron chi connectivity index (χ3n) is 3.48. The summed E-state index contributed by atoms with van der Waals surface area (Å²) in [6.45, 7) is 3.49. The summed E-state index contributed by atoms with van der Waals surface area (Å²) < 4.78 is 32.8. The highest BCUT2D eigenvalue weighted by Crippen LogP contribution is 2.20. The average Bonchev–Trinajstić information content (AvgIpc) is 2.62. The Morgan fingerprint density at radius 2 is 1.81 bits per heavy atom. The minimum atomic E-state index is -3.76. The molecule has 0 radical (unpaired) electrons. The smallest absolute Gasteiger partial charge is 0.261 e. The Kier molecular flexibility index (Phi) is 6.99. The highest BCUT2D eigenvalue weighted by molar-refractivity contribution is 7.92. The fourth-order valence-electron chi connectivity index (χ4n) is 2.22. The normalized spacial score (nSPS) is 11.0. The Morgan fingerprint density at radius 3 is 2.46 bits per heavy atom. The second-order valence-corrected chi connectivity index (χ2v) is 7.13. The second kappa shape index (κ2) is 9.21. The summed E-state index contributed by atoms with van der Waals surface area (Å²) in [7, 11) is -1.96. The molecule has 2 aromatic carbocycles. The number of benzene rings is 2. The van der Waals surface area contributed by atoms with Crippen LogP contribution < -0.4 is 20.1 Å². The van der Waals surface area contributed by atoms with Crippen LogP contribution in [0.15, 0.2) is 53.4 Å². The maximum Gasteiger partial charge on any atom is 0.261 e. The van der Waals surface area contributed by atoms with Crippen LogP contribution in [0.1, 0.15) is 17.3 Å². The minimum Gasteiger partial charge on any atom is -0.494 e. The number of rotatable bonds is 9. The predicted octanol–water partition coefficient (Wildman–Crippen LogP) is 1.84. The van der Waals surface area contributed by atoms with E-state index in [4.69, 9.17) is 4.74 Å². The van der Waals surface area contributed by atoms with Crippen LogP contribution >= 0.6 is 0 Å². The zero-order chi connectivity index (χ0) is 19.0. The third-order valence-corrected chi connectivity index (χ3v) is 4.88. The molecule has 7 nitrogen and oxygen atoms in total. The average molecular weight is 377 g/mol. The minimum absolute atomic E-state index is 0.116. The lowest BCUT2D eigenvalue weighted by molar-refractivity contribution is 0.0954. The molecule has 0 aliphatic heterocycles. The monoisotopic (exact) mass is 377 g/mol.